The summed E-state index contributed by atoms with van der Waals surface area (Å²) in [4.78, 5) is 32.1. The van der Waals surface area contributed by atoms with Crippen molar-refractivity contribution in [3.63, 3.8) is 0 Å². The molecule has 5 nitrogen and oxygen atoms in total. The van der Waals surface area contributed by atoms with Crippen LogP contribution >= 0.6 is 11.3 Å². The molecule has 8 atom stereocenters. The number of fused-ring (bicyclic) bond motifs is 5. The maximum atomic E-state index is 13.3. The summed E-state index contributed by atoms with van der Waals surface area (Å²) in [6.45, 7) is 9.06. The highest BCUT2D eigenvalue weighted by Crippen LogP contribution is 2.66. The summed E-state index contributed by atoms with van der Waals surface area (Å²) in [5.41, 5.74) is 1.05. The number of hydrogen-bond donors (Lipinski definition) is 1. The Hall–Kier alpha value is -1.69. The van der Waals surface area contributed by atoms with Crippen molar-refractivity contribution in [3.05, 3.63) is 23.2 Å². The number of amides is 2. The molecule has 31 heavy (non-hydrogen) atoms. The summed E-state index contributed by atoms with van der Waals surface area (Å²) in [6.07, 6.45) is 9.55. The summed E-state index contributed by atoms with van der Waals surface area (Å²) in [5.74, 6) is 2.63. The second-order valence-corrected chi connectivity index (χ2v) is 12.0. The molecule has 1 aromatic rings. The molecule has 0 aromatic carbocycles. The molecule has 168 valence electrons. The molecule has 0 bridgehead atoms. The standard InChI is InChI=1S/C25H35N3O2S/c1-14-12-16-17-6-7-19(22(30)27-23-26-15(2)13-31-23)24(17,3)10-8-18(16)25(4)11-9-20(29)28(5)21(14)25/h9,11,13-14,16-19,21H,6-8,10,12H2,1-5H3,(H,26,27,30)/t14?,16-,17-,18+,19?,21?,24-,25+/m0/s1. The molecule has 3 unspecified atom stereocenters. The minimum Gasteiger partial charge on any atom is -0.338 e. The number of likely N-dealkylation sites (N-methyl/N-ethyl adjacent to an activating group) is 1. The molecule has 5 rings (SSSR count). The lowest BCUT2D eigenvalue weighted by molar-refractivity contribution is -0.147. The van der Waals surface area contributed by atoms with Crippen LogP contribution < -0.4 is 5.32 Å². The molecule has 0 spiro atoms. The molecule has 1 aliphatic heterocycles. The van der Waals surface area contributed by atoms with Gasteiger partial charge in [0.15, 0.2) is 5.13 Å². The van der Waals surface area contributed by atoms with Gasteiger partial charge in [-0.05, 0) is 74.2 Å². The first-order valence-corrected chi connectivity index (χ1v) is 12.7. The lowest BCUT2D eigenvalue weighted by Gasteiger charge is -2.62. The number of aryl methyl sites for hydroxylation is 1. The fraction of sp³-hybridized carbons (Fsp3) is 0.720. The molecule has 1 N–H and O–H groups in total. The van der Waals surface area contributed by atoms with E-state index in [-0.39, 0.29) is 34.6 Å². The second-order valence-electron chi connectivity index (χ2n) is 11.1. The van der Waals surface area contributed by atoms with Crippen molar-refractivity contribution in [1.29, 1.82) is 0 Å². The molecule has 0 saturated heterocycles. The van der Waals surface area contributed by atoms with Crippen LogP contribution in [0.15, 0.2) is 17.5 Å². The van der Waals surface area contributed by atoms with Crippen molar-refractivity contribution < 1.29 is 9.59 Å². The van der Waals surface area contributed by atoms with Gasteiger partial charge in [0.1, 0.15) is 0 Å². The van der Waals surface area contributed by atoms with E-state index in [0.717, 1.165) is 42.9 Å². The largest absolute Gasteiger partial charge is 0.338 e. The zero-order chi connectivity index (χ0) is 22.1. The highest BCUT2D eigenvalue weighted by atomic mass is 32.1. The highest BCUT2D eigenvalue weighted by molar-refractivity contribution is 7.13. The zero-order valence-corrected chi connectivity index (χ0v) is 20.2. The fourth-order valence-corrected chi connectivity index (χ4v) is 9.03. The number of carbonyl (C=O) groups is 2. The smallest absolute Gasteiger partial charge is 0.246 e. The van der Waals surface area contributed by atoms with Gasteiger partial charge in [0.2, 0.25) is 11.8 Å². The Balaban J connectivity index is 1.41. The SMILES string of the molecule is Cc1csc(NC(=O)C2CC[C@H]3[C@@H]4CC(C)C5N(C)C(=O)C=C[C@]5(C)[C@@H]4CC[C@]23C)n1. The molecule has 1 aromatic heterocycles. The molecule has 3 aliphatic carbocycles. The minimum atomic E-state index is 0.0328. The molecular weight excluding hydrogens is 406 g/mol. The number of hydrogen-bond acceptors (Lipinski definition) is 4. The van der Waals surface area contributed by atoms with Crippen LogP contribution in [0.5, 0.6) is 0 Å². The molecular formula is C25H35N3O2S. The first-order valence-electron chi connectivity index (χ1n) is 11.8. The van der Waals surface area contributed by atoms with Gasteiger partial charge in [-0.25, -0.2) is 4.98 Å². The molecule has 2 heterocycles. The Morgan fingerprint density at radius 3 is 2.74 bits per heavy atom. The third kappa shape index (κ3) is 3.04. The van der Waals surface area contributed by atoms with E-state index in [2.05, 4.69) is 37.1 Å². The van der Waals surface area contributed by atoms with Crippen LogP contribution in [-0.4, -0.2) is 34.8 Å². The van der Waals surface area contributed by atoms with Crippen LogP contribution in [0.25, 0.3) is 0 Å². The van der Waals surface area contributed by atoms with Gasteiger partial charge < -0.3 is 10.2 Å². The average molecular weight is 442 g/mol. The summed E-state index contributed by atoms with van der Waals surface area (Å²) in [5, 5.41) is 5.83. The van der Waals surface area contributed by atoms with Gasteiger partial charge in [-0.1, -0.05) is 26.8 Å². The minimum absolute atomic E-state index is 0.0328. The topological polar surface area (TPSA) is 62.3 Å². The van der Waals surface area contributed by atoms with Gasteiger partial charge in [-0.2, -0.15) is 0 Å². The van der Waals surface area contributed by atoms with Gasteiger partial charge >= 0.3 is 0 Å². The Kier molecular flexibility index (Phi) is 4.89. The first-order chi connectivity index (χ1) is 14.6. The maximum absolute atomic E-state index is 13.3. The van der Waals surface area contributed by atoms with Crippen LogP contribution in [0.3, 0.4) is 0 Å². The van der Waals surface area contributed by atoms with E-state index in [1.807, 2.05) is 24.3 Å². The Morgan fingerprint density at radius 2 is 2.03 bits per heavy atom. The molecule has 4 aliphatic rings. The number of anilines is 1. The van der Waals surface area contributed by atoms with Crippen LogP contribution in [0.4, 0.5) is 5.13 Å². The van der Waals surface area contributed by atoms with Crippen molar-refractivity contribution in [3.8, 4) is 0 Å². The van der Waals surface area contributed by atoms with Gasteiger partial charge in [-0.15, -0.1) is 11.3 Å². The van der Waals surface area contributed by atoms with Crippen molar-refractivity contribution in [2.45, 2.75) is 65.8 Å². The van der Waals surface area contributed by atoms with Gasteiger partial charge in [-0.3, -0.25) is 9.59 Å². The van der Waals surface area contributed by atoms with Crippen LogP contribution in [-0.2, 0) is 9.59 Å². The van der Waals surface area contributed by atoms with Crippen molar-refractivity contribution in [2.75, 3.05) is 12.4 Å². The van der Waals surface area contributed by atoms with Gasteiger partial charge in [0.05, 0.1) is 5.69 Å². The predicted octanol–water partition coefficient (Wildman–Crippen LogP) is 4.89. The van der Waals surface area contributed by atoms with Crippen molar-refractivity contribution >= 4 is 28.3 Å². The Labute approximate surface area is 189 Å². The van der Waals surface area contributed by atoms with E-state index in [9.17, 15) is 9.59 Å². The number of rotatable bonds is 2. The fourth-order valence-electron chi connectivity index (χ4n) is 8.34. The number of carbonyl (C=O) groups excluding carboxylic acids is 2. The quantitative estimate of drug-likeness (QED) is 0.711. The van der Waals surface area contributed by atoms with E-state index in [4.69, 9.17) is 0 Å². The molecule has 0 radical (unpaired) electrons. The van der Waals surface area contributed by atoms with Crippen molar-refractivity contribution in [1.82, 2.24) is 9.88 Å². The summed E-state index contributed by atoms with van der Waals surface area (Å²) >= 11 is 1.51. The molecule has 6 heteroatoms. The van der Waals surface area contributed by atoms with E-state index < -0.39 is 0 Å². The van der Waals surface area contributed by atoms with Crippen LogP contribution in [0, 0.1) is 47.3 Å². The summed E-state index contributed by atoms with van der Waals surface area (Å²) < 4.78 is 0. The van der Waals surface area contributed by atoms with E-state index in [1.54, 1.807) is 6.08 Å². The molecule has 3 saturated carbocycles. The predicted molar refractivity (Wildman–Crippen MR) is 124 cm³/mol. The Morgan fingerprint density at radius 1 is 1.26 bits per heavy atom. The van der Waals surface area contributed by atoms with Crippen LogP contribution in [0.1, 0.15) is 58.6 Å². The lowest BCUT2D eigenvalue weighted by Crippen LogP contribution is -2.62. The highest BCUT2D eigenvalue weighted by Gasteiger charge is 2.62. The number of aromatic nitrogens is 1. The second kappa shape index (κ2) is 7.16. The number of thiazole rings is 1. The van der Waals surface area contributed by atoms with E-state index in [0.29, 0.717) is 23.7 Å². The monoisotopic (exact) mass is 441 g/mol. The number of nitrogens with one attached hydrogen (secondary N) is 1. The van der Waals surface area contributed by atoms with Crippen molar-refractivity contribution in [2.24, 2.45) is 40.4 Å². The van der Waals surface area contributed by atoms with E-state index in [1.165, 1.54) is 11.3 Å². The third-order valence-corrected chi connectivity index (χ3v) is 10.4. The zero-order valence-electron chi connectivity index (χ0n) is 19.4. The van der Waals surface area contributed by atoms with Gasteiger partial charge in [0, 0.05) is 29.8 Å². The van der Waals surface area contributed by atoms with Crippen LogP contribution in [0.2, 0.25) is 0 Å². The summed E-state index contributed by atoms with van der Waals surface area (Å²) in [7, 11) is 1.98. The number of nitrogens with zero attached hydrogens (tertiary/aromatic N) is 2. The normalized spacial score (nSPS) is 43.9. The summed E-state index contributed by atoms with van der Waals surface area (Å²) in [6, 6.07) is 0.282. The lowest BCUT2D eigenvalue weighted by atomic mass is 9.46. The Bertz CT molecular complexity index is 941. The first kappa shape index (κ1) is 21.2. The average Bonchev–Trinajstić information content (AvgIpc) is 3.27. The van der Waals surface area contributed by atoms with E-state index >= 15 is 0 Å². The molecule has 2 amide bonds. The van der Waals surface area contributed by atoms with Gasteiger partial charge in [0.25, 0.3) is 0 Å². The molecule has 3 fully saturated rings. The maximum Gasteiger partial charge on any atom is 0.246 e. The third-order valence-electron chi connectivity index (χ3n) is 9.57.